The number of rotatable bonds is 10. The number of hydroxylamine groups is 1. The van der Waals surface area contributed by atoms with E-state index in [4.69, 9.17) is 4.84 Å². The van der Waals surface area contributed by atoms with E-state index in [1.54, 1.807) is 30.3 Å². The zero-order valence-electron chi connectivity index (χ0n) is 23.7. The second-order valence-electron chi connectivity index (χ2n) is 10.7. The third-order valence-corrected chi connectivity index (χ3v) is 7.70. The Balaban J connectivity index is 1.24. The SMILES string of the molecule is CN(C)C1CCN(CCONC(=O)c2ccc(N/C(=C3\C(=O)Nc4cc(C(=O)O)ccc43)c3ccccc3)cc2)CC1. The van der Waals surface area contributed by atoms with E-state index in [2.05, 4.69) is 40.0 Å². The molecule has 0 saturated carbocycles. The number of amides is 2. The summed E-state index contributed by atoms with van der Waals surface area (Å²) >= 11 is 0. The fraction of sp³-hybridized carbons (Fsp3) is 0.281. The Morgan fingerprint density at radius 2 is 1.67 bits per heavy atom. The van der Waals surface area contributed by atoms with Crippen molar-refractivity contribution in [2.45, 2.75) is 18.9 Å². The number of nitrogens with one attached hydrogen (secondary N) is 3. The first kappa shape index (κ1) is 29.0. The summed E-state index contributed by atoms with van der Waals surface area (Å²) in [6, 6.07) is 21.5. The fourth-order valence-corrected chi connectivity index (χ4v) is 5.30. The zero-order valence-corrected chi connectivity index (χ0v) is 23.7. The Morgan fingerprint density at radius 1 is 0.976 bits per heavy atom. The van der Waals surface area contributed by atoms with Crippen molar-refractivity contribution in [3.05, 3.63) is 95.1 Å². The van der Waals surface area contributed by atoms with Gasteiger partial charge in [-0.25, -0.2) is 10.3 Å². The maximum absolute atomic E-state index is 13.1. The minimum atomic E-state index is -1.07. The molecule has 0 radical (unpaired) electrons. The number of nitrogens with zero attached hydrogens (tertiary/aromatic N) is 2. The molecule has 42 heavy (non-hydrogen) atoms. The summed E-state index contributed by atoms with van der Waals surface area (Å²) < 4.78 is 0. The van der Waals surface area contributed by atoms with Gasteiger partial charge in [-0.15, -0.1) is 0 Å². The van der Waals surface area contributed by atoms with E-state index in [9.17, 15) is 19.5 Å². The Morgan fingerprint density at radius 3 is 2.33 bits per heavy atom. The molecule has 2 aliphatic heterocycles. The number of anilines is 2. The summed E-state index contributed by atoms with van der Waals surface area (Å²) in [7, 11) is 4.24. The van der Waals surface area contributed by atoms with Crippen LogP contribution in [0.2, 0.25) is 0 Å². The van der Waals surface area contributed by atoms with Crippen LogP contribution in [0.5, 0.6) is 0 Å². The Kier molecular flexibility index (Phi) is 8.97. The maximum Gasteiger partial charge on any atom is 0.335 e. The largest absolute Gasteiger partial charge is 0.478 e. The van der Waals surface area contributed by atoms with Gasteiger partial charge in [0.2, 0.25) is 0 Å². The van der Waals surface area contributed by atoms with Crippen LogP contribution >= 0.6 is 0 Å². The van der Waals surface area contributed by atoms with Crippen LogP contribution in [0.3, 0.4) is 0 Å². The van der Waals surface area contributed by atoms with Crippen LogP contribution in [-0.4, -0.2) is 79.1 Å². The van der Waals surface area contributed by atoms with E-state index in [-0.39, 0.29) is 17.4 Å². The lowest BCUT2D eigenvalue weighted by Crippen LogP contribution is -2.43. The molecule has 2 heterocycles. The molecule has 0 bridgehead atoms. The highest BCUT2D eigenvalue weighted by molar-refractivity contribution is 6.37. The molecule has 0 unspecified atom stereocenters. The second-order valence-corrected chi connectivity index (χ2v) is 10.7. The number of carbonyl (C=O) groups is 3. The molecule has 3 aromatic carbocycles. The standard InChI is InChI=1S/C32H35N5O5/c1-36(2)25-14-16-37(17-15-25)18-19-42-35-30(38)22-8-11-24(12-9-22)33-29(21-6-4-3-5-7-21)28-26-13-10-23(32(40)41)20-27(26)34-31(28)39/h3-13,20,25,33H,14-19H2,1-2H3,(H,34,39)(H,35,38)(H,40,41)/b29-28-. The van der Waals surface area contributed by atoms with Crippen molar-refractivity contribution in [3.8, 4) is 0 Å². The van der Waals surface area contributed by atoms with Gasteiger partial charge in [0.1, 0.15) is 0 Å². The molecular formula is C32H35N5O5. The second kappa shape index (κ2) is 13.0. The fourth-order valence-electron chi connectivity index (χ4n) is 5.30. The van der Waals surface area contributed by atoms with Crippen molar-refractivity contribution in [2.75, 3.05) is 51.0 Å². The van der Waals surface area contributed by atoms with Gasteiger partial charge in [0.15, 0.2) is 0 Å². The lowest BCUT2D eigenvalue weighted by Gasteiger charge is -2.34. The normalized spacial score (nSPS) is 16.6. The van der Waals surface area contributed by atoms with E-state index >= 15 is 0 Å². The maximum atomic E-state index is 13.1. The van der Waals surface area contributed by atoms with Crippen LogP contribution in [0.4, 0.5) is 11.4 Å². The molecule has 0 aliphatic carbocycles. The molecule has 4 N–H and O–H groups in total. The number of aromatic carboxylic acids is 1. The van der Waals surface area contributed by atoms with Gasteiger partial charge in [0.25, 0.3) is 11.8 Å². The number of carboxylic acid groups (broad SMARTS) is 1. The number of benzene rings is 3. The predicted molar refractivity (Wildman–Crippen MR) is 162 cm³/mol. The quantitative estimate of drug-likeness (QED) is 0.164. The zero-order chi connectivity index (χ0) is 29.6. The van der Waals surface area contributed by atoms with Crippen LogP contribution < -0.4 is 16.1 Å². The monoisotopic (exact) mass is 569 g/mol. The van der Waals surface area contributed by atoms with Gasteiger partial charge in [-0.2, -0.15) is 0 Å². The molecule has 10 heteroatoms. The van der Waals surface area contributed by atoms with Gasteiger partial charge in [-0.05, 0) is 82.0 Å². The van der Waals surface area contributed by atoms with Gasteiger partial charge in [-0.3, -0.25) is 14.4 Å². The molecule has 1 fully saturated rings. The van der Waals surface area contributed by atoms with Crippen LogP contribution in [0.15, 0.2) is 72.8 Å². The predicted octanol–water partition coefficient (Wildman–Crippen LogP) is 4.00. The van der Waals surface area contributed by atoms with Gasteiger partial charge >= 0.3 is 5.97 Å². The topological polar surface area (TPSA) is 123 Å². The average molecular weight is 570 g/mol. The number of fused-ring (bicyclic) bond motifs is 1. The minimum absolute atomic E-state index is 0.0898. The first-order valence-corrected chi connectivity index (χ1v) is 14.0. The van der Waals surface area contributed by atoms with Crippen molar-refractivity contribution in [1.82, 2.24) is 15.3 Å². The molecule has 0 spiro atoms. The molecule has 5 rings (SSSR count). The van der Waals surface area contributed by atoms with E-state index in [1.165, 1.54) is 12.1 Å². The van der Waals surface area contributed by atoms with Crippen LogP contribution in [0, 0.1) is 0 Å². The molecule has 10 nitrogen and oxygen atoms in total. The summed E-state index contributed by atoms with van der Waals surface area (Å²) in [5.41, 5.74) is 6.50. The molecule has 0 aromatic heterocycles. The van der Waals surface area contributed by atoms with Gasteiger partial charge in [0, 0.05) is 29.4 Å². The van der Waals surface area contributed by atoms with Crippen LogP contribution in [-0.2, 0) is 9.63 Å². The third kappa shape index (κ3) is 6.68. The molecular weight excluding hydrogens is 534 g/mol. The molecule has 3 aromatic rings. The van der Waals surface area contributed by atoms with Gasteiger partial charge in [-0.1, -0.05) is 36.4 Å². The van der Waals surface area contributed by atoms with Crippen molar-refractivity contribution in [1.29, 1.82) is 0 Å². The van der Waals surface area contributed by atoms with Crippen molar-refractivity contribution < 1.29 is 24.3 Å². The highest BCUT2D eigenvalue weighted by atomic mass is 16.7. The Labute approximate surface area is 244 Å². The molecule has 0 atom stereocenters. The number of hydrogen-bond acceptors (Lipinski definition) is 7. The molecule has 2 aliphatic rings. The molecule has 218 valence electrons. The lowest BCUT2D eigenvalue weighted by molar-refractivity contribution is -0.110. The summed E-state index contributed by atoms with van der Waals surface area (Å²) in [5, 5.41) is 15.5. The Hall–Kier alpha value is -4.51. The number of carbonyl (C=O) groups excluding carboxylic acids is 2. The number of hydrogen-bond donors (Lipinski definition) is 4. The third-order valence-electron chi connectivity index (χ3n) is 7.70. The molecule has 1 saturated heterocycles. The summed E-state index contributed by atoms with van der Waals surface area (Å²) in [6.45, 7) is 3.21. The van der Waals surface area contributed by atoms with Crippen molar-refractivity contribution in [3.63, 3.8) is 0 Å². The lowest BCUT2D eigenvalue weighted by atomic mass is 9.99. The summed E-state index contributed by atoms with van der Waals surface area (Å²) in [6.07, 6.45) is 2.26. The highest BCUT2D eigenvalue weighted by Crippen LogP contribution is 2.38. The van der Waals surface area contributed by atoms with Crippen LogP contribution in [0.25, 0.3) is 11.3 Å². The van der Waals surface area contributed by atoms with E-state index < -0.39 is 5.97 Å². The Bertz CT molecular complexity index is 1480. The van der Waals surface area contributed by atoms with Crippen molar-refractivity contribution >= 4 is 40.4 Å². The van der Waals surface area contributed by atoms with Gasteiger partial charge in [0.05, 0.1) is 29.1 Å². The summed E-state index contributed by atoms with van der Waals surface area (Å²) in [4.78, 5) is 47.3. The summed E-state index contributed by atoms with van der Waals surface area (Å²) in [5.74, 6) is -1.75. The van der Waals surface area contributed by atoms with E-state index in [1.807, 2.05) is 30.3 Å². The highest BCUT2D eigenvalue weighted by Gasteiger charge is 2.29. The van der Waals surface area contributed by atoms with Crippen molar-refractivity contribution in [2.24, 2.45) is 0 Å². The number of carboxylic acids is 1. The molecule has 2 amide bonds. The average Bonchev–Trinajstić information content (AvgIpc) is 3.33. The first-order chi connectivity index (χ1) is 20.3. The van der Waals surface area contributed by atoms with E-state index in [0.717, 1.165) is 38.0 Å². The van der Waals surface area contributed by atoms with Gasteiger partial charge < -0.3 is 25.5 Å². The van der Waals surface area contributed by atoms with E-state index in [0.29, 0.717) is 46.4 Å². The smallest absolute Gasteiger partial charge is 0.335 e. The number of piperidine rings is 1. The van der Waals surface area contributed by atoms with Crippen LogP contribution in [0.1, 0.15) is 44.7 Å². The minimum Gasteiger partial charge on any atom is -0.478 e. The number of likely N-dealkylation sites (tertiary alicyclic amines) is 1. The first-order valence-electron chi connectivity index (χ1n) is 14.0.